The lowest BCUT2D eigenvalue weighted by Gasteiger charge is -2.10. The summed E-state index contributed by atoms with van der Waals surface area (Å²) in [5.74, 6) is -0.832. The number of carbonyl (C=O) groups is 1. The summed E-state index contributed by atoms with van der Waals surface area (Å²) in [4.78, 5) is 14.6. The maximum absolute atomic E-state index is 10.5. The van der Waals surface area contributed by atoms with Gasteiger partial charge in [0.25, 0.3) is 0 Å². The molecule has 0 fully saturated rings. The van der Waals surface area contributed by atoms with Gasteiger partial charge in [0.1, 0.15) is 5.65 Å². The standard InChI is InChI=1S/C9H8N2O2.C6H15N.ClH/c12-9(13)6-7-2-1-3-8-10-4-5-11(7)8;1-5(2)7-6(3)4;/h1-5H,6H2,(H,12,13);5-7H,1-4H3;1H. The molecule has 0 aliphatic heterocycles. The van der Waals surface area contributed by atoms with E-state index < -0.39 is 5.97 Å². The van der Waals surface area contributed by atoms with Crippen LogP contribution in [0.5, 0.6) is 0 Å². The van der Waals surface area contributed by atoms with Crippen molar-refractivity contribution in [3.05, 3.63) is 36.3 Å². The first-order chi connectivity index (χ1) is 9.40. The molecular weight excluding hydrogens is 290 g/mol. The van der Waals surface area contributed by atoms with Crippen LogP contribution in [-0.2, 0) is 11.2 Å². The summed E-state index contributed by atoms with van der Waals surface area (Å²) in [5.41, 5.74) is 1.52. The fourth-order valence-electron chi connectivity index (χ4n) is 1.97. The first-order valence-corrected chi connectivity index (χ1v) is 6.79. The number of nitrogens with one attached hydrogen (secondary N) is 1. The predicted molar refractivity (Wildman–Crippen MR) is 87.2 cm³/mol. The van der Waals surface area contributed by atoms with Crippen molar-refractivity contribution in [3.8, 4) is 0 Å². The van der Waals surface area contributed by atoms with Crippen molar-refractivity contribution in [1.82, 2.24) is 14.7 Å². The van der Waals surface area contributed by atoms with Gasteiger partial charge in [0.15, 0.2) is 0 Å². The van der Waals surface area contributed by atoms with Crippen LogP contribution >= 0.6 is 12.4 Å². The predicted octanol–water partition coefficient (Wildman–Crippen LogP) is 2.78. The lowest BCUT2D eigenvalue weighted by molar-refractivity contribution is -0.136. The second kappa shape index (κ2) is 9.37. The normalized spacial score (nSPS) is 10.2. The van der Waals surface area contributed by atoms with Gasteiger partial charge in [-0.25, -0.2) is 4.98 Å². The van der Waals surface area contributed by atoms with Gasteiger partial charge in [-0.2, -0.15) is 0 Å². The fraction of sp³-hybridized carbons (Fsp3) is 0.467. The zero-order valence-electron chi connectivity index (χ0n) is 12.9. The lowest BCUT2D eigenvalue weighted by Crippen LogP contribution is -2.29. The molecule has 6 heteroatoms. The third-order valence-corrected chi connectivity index (χ3v) is 2.51. The molecule has 21 heavy (non-hydrogen) atoms. The number of rotatable bonds is 4. The molecule has 0 aliphatic rings. The van der Waals surface area contributed by atoms with Crippen LogP contribution in [0.15, 0.2) is 30.6 Å². The zero-order valence-corrected chi connectivity index (χ0v) is 13.7. The number of carboxylic acids is 1. The average molecular weight is 314 g/mol. The number of pyridine rings is 1. The van der Waals surface area contributed by atoms with E-state index in [-0.39, 0.29) is 18.8 Å². The Kier molecular flexibility index (Phi) is 8.66. The van der Waals surface area contributed by atoms with Crippen LogP contribution in [-0.4, -0.2) is 32.5 Å². The number of aliphatic carboxylic acids is 1. The highest BCUT2D eigenvalue weighted by atomic mass is 35.5. The highest BCUT2D eigenvalue weighted by Gasteiger charge is 2.04. The molecule has 0 radical (unpaired) electrons. The van der Waals surface area contributed by atoms with Crippen LogP contribution in [0.3, 0.4) is 0 Å². The van der Waals surface area contributed by atoms with Crippen LogP contribution < -0.4 is 5.32 Å². The smallest absolute Gasteiger partial charge is 0.309 e. The monoisotopic (exact) mass is 313 g/mol. The molecule has 5 nitrogen and oxygen atoms in total. The SMILES string of the molecule is CC(C)NC(C)C.Cl.O=C(O)Cc1cccc2nccn12. The topological polar surface area (TPSA) is 66.6 Å². The van der Waals surface area contributed by atoms with Crippen molar-refractivity contribution in [3.63, 3.8) is 0 Å². The Morgan fingerprint density at radius 3 is 2.38 bits per heavy atom. The first-order valence-electron chi connectivity index (χ1n) is 6.79. The molecule has 0 atom stereocenters. The van der Waals surface area contributed by atoms with Gasteiger partial charge in [0.05, 0.1) is 6.42 Å². The Morgan fingerprint density at radius 1 is 1.29 bits per heavy atom. The summed E-state index contributed by atoms with van der Waals surface area (Å²) in [6, 6.07) is 6.68. The summed E-state index contributed by atoms with van der Waals surface area (Å²) < 4.78 is 1.77. The minimum Gasteiger partial charge on any atom is -0.481 e. The van der Waals surface area contributed by atoms with Crippen molar-refractivity contribution in [1.29, 1.82) is 0 Å². The van der Waals surface area contributed by atoms with Gasteiger partial charge < -0.3 is 14.8 Å². The minimum absolute atomic E-state index is 0. The summed E-state index contributed by atoms with van der Waals surface area (Å²) in [5, 5.41) is 11.9. The molecular formula is C15H24ClN3O2. The van der Waals surface area contributed by atoms with Gasteiger partial charge >= 0.3 is 5.97 Å². The zero-order chi connectivity index (χ0) is 15.1. The van der Waals surface area contributed by atoms with Crippen LogP contribution in [0.4, 0.5) is 0 Å². The molecule has 2 N–H and O–H groups in total. The quantitative estimate of drug-likeness (QED) is 0.911. The van der Waals surface area contributed by atoms with E-state index in [1.54, 1.807) is 28.9 Å². The molecule has 2 aromatic heterocycles. The Labute approximate surface area is 131 Å². The highest BCUT2D eigenvalue weighted by Crippen LogP contribution is 2.06. The molecule has 0 bridgehead atoms. The Bertz CT molecular complexity index is 547. The van der Waals surface area contributed by atoms with Crippen molar-refractivity contribution in [2.24, 2.45) is 0 Å². The van der Waals surface area contributed by atoms with Gasteiger partial charge in [-0.15, -0.1) is 12.4 Å². The lowest BCUT2D eigenvalue weighted by atomic mass is 10.2. The van der Waals surface area contributed by atoms with Crippen LogP contribution in [0.1, 0.15) is 33.4 Å². The van der Waals surface area contributed by atoms with Gasteiger partial charge in [0, 0.05) is 30.2 Å². The van der Waals surface area contributed by atoms with Gasteiger partial charge in [-0.05, 0) is 12.1 Å². The summed E-state index contributed by atoms with van der Waals surface area (Å²) in [7, 11) is 0. The Balaban J connectivity index is 0.000000436. The van der Waals surface area contributed by atoms with Crippen LogP contribution in [0.2, 0.25) is 0 Å². The van der Waals surface area contributed by atoms with Gasteiger partial charge in [0.2, 0.25) is 0 Å². The third-order valence-electron chi connectivity index (χ3n) is 2.51. The van der Waals surface area contributed by atoms with Crippen molar-refractivity contribution in [2.75, 3.05) is 0 Å². The molecule has 0 spiro atoms. The fourth-order valence-corrected chi connectivity index (χ4v) is 1.97. The molecule has 0 saturated heterocycles. The van der Waals surface area contributed by atoms with Crippen molar-refractivity contribution in [2.45, 2.75) is 46.2 Å². The Morgan fingerprint density at radius 2 is 1.90 bits per heavy atom. The van der Waals surface area contributed by atoms with E-state index in [1.807, 2.05) is 6.07 Å². The number of hydrogen-bond donors (Lipinski definition) is 2. The second-order valence-electron chi connectivity index (χ2n) is 5.22. The molecule has 2 aromatic rings. The minimum atomic E-state index is -0.832. The second-order valence-corrected chi connectivity index (χ2v) is 5.22. The van der Waals surface area contributed by atoms with E-state index >= 15 is 0 Å². The van der Waals surface area contributed by atoms with Gasteiger partial charge in [-0.3, -0.25) is 4.79 Å². The third kappa shape index (κ3) is 7.11. The molecule has 118 valence electrons. The maximum atomic E-state index is 10.5. The number of halogens is 1. The molecule has 0 amide bonds. The largest absolute Gasteiger partial charge is 0.481 e. The number of imidazole rings is 1. The van der Waals surface area contributed by atoms with E-state index in [0.717, 1.165) is 11.3 Å². The highest BCUT2D eigenvalue weighted by molar-refractivity contribution is 5.85. The van der Waals surface area contributed by atoms with Crippen molar-refractivity contribution >= 4 is 24.0 Å². The molecule has 0 aromatic carbocycles. The van der Waals surface area contributed by atoms with Gasteiger partial charge in [-0.1, -0.05) is 33.8 Å². The van der Waals surface area contributed by atoms with E-state index in [9.17, 15) is 4.79 Å². The van der Waals surface area contributed by atoms with Crippen LogP contribution in [0.25, 0.3) is 5.65 Å². The van der Waals surface area contributed by atoms with E-state index in [2.05, 4.69) is 38.0 Å². The average Bonchev–Trinajstić information content (AvgIpc) is 2.76. The Hall–Kier alpha value is -1.59. The summed E-state index contributed by atoms with van der Waals surface area (Å²) in [6.45, 7) is 8.61. The number of fused-ring (bicyclic) bond motifs is 1. The molecule has 0 unspecified atom stereocenters. The summed E-state index contributed by atoms with van der Waals surface area (Å²) in [6.07, 6.45) is 3.43. The molecule has 0 aliphatic carbocycles. The van der Waals surface area contributed by atoms with E-state index in [1.165, 1.54) is 0 Å². The number of aromatic nitrogens is 2. The van der Waals surface area contributed by atoms with E-state index in [0.29, 0.717) is 12.1 Å². The van der Waals surface area contributed by atoms with E-state index in [4.69, 9.17) is 5.11 Å². The van der Waals surface area contributed by atoms with Crippen molar-refractivity contribution < 1.29 is 9.90 Å². The maximum Gasteiger partial charge on any atom is 0.309 e. The number of hydrogen-bond acceptors (Lipinski definition) is 3. The molecule has 2 rings (SSSR count). The number of carboxylic acid groups (broad SMARTS) is 1. The van der Waals surface area contributed by atoms with Crippen LogP contribution in [0, 0.1) is 0 Å². The summed E-state index contributed by atoms with van der Waals surface area (Å²) >= 11 is 0. The molecule has 0 saturated carbocycles. The first kappa shape index (κ1) is 19.4. The molecule has 2 heterocycles. The number of nitrogens with zero attached hydrogens (tertiary/aromatic N) is 2.